The SMILES string of the molecule is CC(C)N1CCC(NC(C(=O)O)C2CC2)C1c1ccc(Cl)c(F)c1. The summed E-state index contributed by atoms with van der Waals surface area (Å²) in [6, 6.07) is 4.64. The van der Waals surface area contributed by atoms with Gasteiger partial charge in [0.2, 0.25) is 0 Å². The predicted molar refractivity (Wildman–Crippen MR) is 91.7 cm³/mol. The minimum absolute atomic E-state index is 0.00493. The van der Waals surface area contributed by atoms with Crippen LogP contribution in [0.3, 0.4) is 0 Å². The van der Waals surface area contributed by atoms with Gasteiger partial charge in [-0.3, -0.25) is 15.0 Å². The van der Waals surface area contributed by atoms with Gasteiger partial charge in [0, 0.05) is 18.6 Å². The van der Waals surface area contributed by atoms with Crippen molar-refractivity contribution in [3.05, 3.63) is 34.6 Å². The van der Waals surface area contributed by atoms with Crippen molar-refractivity contribution in [2.24, 2.45) is 5.92 Å². The van der Waals surface area contributed by atoms with Gasteiger partial charge in [0.15, 0.2) is 0 Å². The van der Waals surface area contributed by atoms with Crippen LogP contribution in [0.5, 0.6) is 0 Å². The molecule has 0 spiro atoms. The molecule has 1 heterocycles. The Morgan fingerprint density at radius 2 is 2.08 bits per heavy atom. The average molecular weight is 355 g/mol. The summed E-state index contributed by atoms with van der Waals surface area (Å²) in [5.41, 5.74) is 0.848. The Morgan fingerprint density at radius 1 is 1.38 bits per heavy atom. The number of hydrogen-bond donors (Lipinski definition) is 2. The van der Waals surface area contributed by atoms with Crippen LogP contribution in [0.25, 0.3) is 0 Å². The van der Waals surface area contributed by atoms with Crippen molar-refractivity contribution in [2.45, 2.75) is 57.3 Å². The number of benzene rings is 1. The summed E-state index contributed by atoms with van der Waals surface area (Å²) < 4.78 is 14.0. The van der Waals surface area contributed by atoms with E-state index in [0.29, 0.717) is 6.04 Å². The highest BCUT2D eigenvalue weighted by molar-refractivity contribution is 6.30. The van der Waals surface area contributed by atoms with Crippen LogP contribution >= 0.6 is 11.6 Å². The molecule has 0 radical (unpaired) electrons. The van der Waals surface area contributed by atoms with Gasteiger partial charge >= 0.3 is 5.97 Å². The van der Waals surface area contributed by atoms with E-state index in [0.717, 1.165) is 31.4 Å². The van der Waals surface area contributed by atoms with Crippen molar-refractivity contribution in [3.8, 4) is 0 Å². The number of carbonyl (C=O) groups is 1. The molecule has 1 aliphatic carbocycles. The van der Waals surface area contributed by atoms with Crippen LogP contribution in [0.1, 0.15) is 44.7 Å². The van der Waals surface area contributed by atoms with Gasteiger partial charge in [-0.1, -0.05) is 17.7 Å². The number of hydrogen-bond acceptors (Lipinski definition) is 3. The fraction of sp³-hybridized carbons (Fsp3) is 0.611. The number of rotatable bonds is 6. The minimum Gasteiger partial charge on any atom is -0.480 e. The normalized spacial score (nSPS) is 26.0. The zero-order valence-corrected chi connectivity index (χ0v) is 14.8. The van der Waals surface area contributed by atoms with Gasteiger partial charge in [-0.2, -0.15) is 0 Å². The third kappa shape index (κ3) is 3.58. The molecule has 1 saturated carbocycles. The zero-order chi connectivity index (χ0) is 17.4. The lowest BCUT2D eigenvalue weighted by molar-refractivity contribution is -0.140. The minimum atomic E-state index is -0.790. The standard InChI is InChI=1S/C18H24ClFN2O2/c1-10(2)22-8-7-15(21-16(18(23)24)11-3-4-11)17(22)12-5-6-13(19)14(20)9-12/h5-6,9-11,15-17,21H,3-4,7-8H2,1-2H3,(H,23,24). The maximum atomic E-state index is 14.0. The third-order valence-electron chi connectivity index (χ3n) is 5.14. The van der Waals surface area contributed by atoms with Crippen molar-refractivity contribution in [1.29, 1.82) is 0 Å². The van der Waals surface area contributed by atoms with Crippen LogP contribution in [-0.2, 0) is 4.79 Å². The van der Waals surface area contributed by atoms with Crippen LogP contribution in [-0.4, -0.2) is 40.6 Å². The summed E-state index contributed by atoms with van der Waals surface area (Å²) in [5, 5.41) is 13.0. The maximum Gasteiger partial charge on any atom is 0.320 e. The van der Waals surface area contributed by atoms with Crippen LogP contribution in [0, 0.1) is 11.7 Å². The molecule has 2 fully saturated rings. The van der Waals surface area contributed by atoms with Gasteiger partial charge in [0.05, 0.1) is 11.1 Å². The molecule has 1 aromatic rings. The molecule has 1 aliphatic heterocycles. The van der Waals surface area contributed by atoms with E-state index in [1.807, 2.05) is 6.07 Å². The lowest BCUT2D eigenvalue weighted by atomic mass is 9.97. The fourth-order valence-electron chi connectivity index (χ4n) is 3.76. The first kappa shape index (κ1) is 17.6. The second-order valence-electron chi connectivity index (χ2n) is 7.17. The number of carboxylic acid groups (broad SMARTS) is 1. The first-order valence-electron chi connectivity index (χ1n) is 8.58. The Morgan fingerprint density at radius 3 is 2.62 bits per heavy atom. The number of halogens is 2. The third-order valence-corrected chi connectivity index (χ3v) is 5.44. The van der Waals surface area contributed by atoms with Gasteiger partial charge < -0.3 is 5.11 Å². The lowest BCUT2D eigenvalue weighted by Gasteiger charge is -2.33. The molecule has 3 atom stereocenters. The highest BCUT2D eigenvalue weighted by atomic mass is 35.5. The van der Waals surface area contributed by atoms with E-state index in [2.05, 4.69) is 24.1 Å². The Labute approximate surface area is 147 Å². The van der Waals surface area contributed by atoms with Gasteiger partial charge in [-0.05, 0) is 56.7 Å². The van der Waals surface area contributed by atoms with E-state index in [1.54, 1.807) is 6.07 Å². The van der Waals surface area contributed by atoms with Gasteiger partial charge in [-0.15, -0.1) is 0 Å². The second-order valence-corrected chi connectivity index (χ2v) is 7.57. The molecule has 0 amide bonds. The topological polar surface area (TPSA) is 52.6 Å². The molecule has 2 N–H and O–H groups in total. The summed E-state index contributed by atoms with van der Waals surface area (Å²) in [6.45, 7) is 5.08. The van der Waals surface area contributed by atoms with E-state index < -0.39 is 17.8 Å². The summed E-state index contributed by atoms with van der Waals surface area (Å²) in [7, 11) is 0. The quantitative estimate of drug-likeness (QED) is 0.821. The molecule has 6 heteroatoms. The van der Waals surface area contributed by atoms with Crippen LogP contribution in [0.4, 0.5) is 4.39 Å². The molecular weight excluding hydrogens is 331 g/mol. The van der Waals surface area contributed by atoms with Crippen molar-refractivity contribution in [2.75, 3.05) is 6.54 Å². The van der Waals surface area contributed by atoms with Crippen LogP contribution in [0.15, 0.2) is 18.2 Å². The van der Waals surface area contributed by atoms with Crippen LogP contribution in [0.2, 0.25) is 5.02 Å². The lowest BCUT2D eigenvalue weighted by Crippen LogP contribution is -2.47. The highest BCUT2D eigenvalue weighted by Crippen LogP contribution is 2.38. The highest BCUT2D eigenvalue weighted by Gasteiger charge is 2.42. The van der Waals surface area contributed by atoms with E-state index in [9.17, 15) is 14.3 Å². The van der Waals surface area contributed by atoms with Crippen molar-refractivity contribution in [1.82, 2.24) is 10.2 Å². The van der Waals surface area contributed by atoms with E-state index in [1.165, 1.54) is 6.07 Å². The second kappa shape index (κ2) is 6.98. The Balaban J connectivity index is 1.86. The Hall–Kier alpha value is -1.17. The smallest absolute Gasteiger partial charge is 0.320 e. The molecule has 0 bridgehead atoms. The Bertz CT molecular complexity index is 621. The average Bonchev–Trinajstić information content (AvgIpc) is 3.26. The van der Waals surface area contributed by atoms with Gasteiger partial charge in [-0.25, -0.2) is 4.39 Å². The maximum absolute atomic E-state index is 14.0. The molecule has 3 unspecified atom stereocenters. The molecule has 2 aliphatic rings. The molecule has 1 aromatic carbocycles. The summed E-state index contributed by atoms with van der Waals surface area (Å²) >= 11 is 5.82. The largest absolute Gasteiger partial charge is 0.480 e. The van der Waals surface area contributed by atoms with E-state index in [4.69, 9.17) is 11.6 Å². The van der Waals surface area contributed by atoms with E-state index >= 15 is 0 Å². The molecule has 3 rings (SSSR count). The van der Waals surface area contributed by atoms with Crippen molar-refractivity contribution >= 4 is 17.6 Å². The Kier molecular flexibility index (Phi) is 5.13. The fourth-order valence-corrected chi connectivity index (χ4v) is 3.88. The first-order valence-corrected chi connectivity index (χ1v) is 8.96. The predicted octanol–water partition coefficient (Wildman–Crippen LogP) is 3.46. The molecule has 132 valence electrons. The summed E-state index contributed by atoms with van der Waals surface area (Å²) in [5.74, 6) is -1.000. The zero-order valence-electron chi connectivity index (χ0n) is 14.0. The molecule has 4 nitrogen and oxygen atoms in total. The first-order chi connectivity index (χ1) is 11.4. The number of nitrogens with zero attached hydrogens (tertiary/aromatic N) is 1. The number of carboxylic acids is 1. The van der Waals surface area contributed by atoms with Crippen molar-refractivity contribution in [3.63, 3.8) is 0 Å². The van der Waals surface area contributed by atoms with Crippen LogP contribution < -0.4 is 5.32 Å². The number of likely N-dealkylation sites (tertiary alicyclic amines) is 1. The van der Waals surface area contributed by atoms with Crippen molar-refractivity contribution < 1.29 is 14.3 Å². The number of aliphatic carboxylic acids is 1. The summed E-state index contributed by atoms with van der Waals surface area (Å²) in [6.07, 6.45) is 2.78. The van der Waals surface area contributed by atoms with Gasteiger partial charge in [0.1, 0.15) is 11.9 Å². The monoisotopic (exact) mass is 354 g/mol. The number of nitrogens with one attached hydrogen (secondary N) is 1. The van der Waals surface area contributed by atoms with Gasteiger partial charge in [0.25, 0.3) is 0 Å². The molecular formula is C18H24ClFN2O2. The molecule has 24 heavy (non-hydrogen) atoms. The molecule has 0 aromatic heterocycles. The summed E-state index contributed by atoms with van der Waals surface area (Å²) in [4.78, 5) is 13.9. The molecule has 1 saturated heterocycles. The van der Waals surface area contributed by atoms with E-state index in [-0.39, 0.29) is 23.0 Å².